The summed E-state index contributed by atoms with van der Waals surface area (Å²) < 4.78 is 0. The lowest BCUT2D eigenvalue weighted by Gasteiger charge is -2.05. The molecule has 0 aliphatic carbocycles. The minimum atomic E-state index is -1.14. The molecule has 0 aromatic carbocycles. The van der Waals surface area contributed by atoms with E-state index >= 15 is 0 Å². The summed E-state index contributed by atoms with van der Waals surface area (Å²) in [7, 11) is 0. The van der Waals surface area contributed by atoms with Crippen LogP contribution >= 0.6 is 11.8 Å². The highest BCUT2D eigenvalue weighted by Crippen LogP contribution is 2.17. The van der Waals surface area contributed by atoms with Gasteiger partial charge in [-0.15, -0.1) is 0 Å². The molecule has 0 saturated heterocycles. The number of nitrogens with zero attached hydrogens (tertiary/aromatic N) is 2. The monoisotopic (exact) mass is 211 g/mol. The topological polar surface area (TPSA) is 96.9 Å². The molecular weight excluding hydrogens is 202 g/mol. The Bertz CT molecular complexity index is 324. The number of carboxylic acids is 1. The number of nitriles is 2. The number of allylic oxidation sites excluding steroid dienone is 1. The molecule has 6 heteroatoms. The van der Waals surface area contributed by atoms with Crippen molar-refractivity contribution in [3.8, 4) is 11.5 Å². The predicted octanol–water partition coefficient (Wildman–Crippen LogP) is 1.02. The van der Waals surface area contributed by atoms with Gasteiger partial charge in [0.2, 0.25) is 0 Å². The van der Waals surface area contributed by atoms with Gasteiger partial charge in [0.05, 0.1) is 12.5 Å². The van der Waals surface area contributed by atoms with E-state index in [1.54, 1.807) is 12.3 Å². The summed E-state index contributed by atoms with van der Waals surface area (Å²) in [5.74, 6) is -1.14. The zero-order valence-electron chi connectivity index (χ0n) is 7.57. The van der Waals surface area contributed by atoms with Crippen LogP contribution in [0, 0.1) is 22.0 Å². The average molecular weight is 211 g/mol. The van der Waals surface area contributed by atoms with E-state index in [9.17, 15) is 4.79 Å². The average Bonchev–Trinajstić information content (AvgIpc) is 2.13. The third-order valence-corrected chi connectivity index (χ3v) is 2.09. The standard InChI is InChI=1S/C8H9N3O2S/c1-6(11-4-2-3-9)7(8(12)13)14-5-10/h11H,2,4H2,1H3,(H,12,13)/b7-6+. The van der Waals surface area contributed by atoms with Gasteiger partial charge in [-0.25, -0.2) is 4.79 Å². The van der Waals surface area contributed by atoms with Crippen LogP contribution in [0.3, 0.4) is 0 Å². The molecule has 0 bridgehead atoms. The van der Waals surface area contributed by atoms with Crippen molar-refractivity contribution in [3.63, 3.8) is 0 Å². The molecule has 0 radical (unpaired) electrons. The minimum Gasteiger partial charge on any atom is -0.477 e. The van der Waals surface area contributed by atoms with Gasteiger partial charge >= 0.3 is 5.97 Å². The van der Waals surface area contributed by atoms with Crippen molar-refractivity contribution in [1.29, 1.82) is 10.5 Å². The maximum absolute atomic E-state index is 10.6. The zero-order valence-corrected chi connectivity index (χ0v) is 8.39. The zero-order chi connectivity index (χ0) is 11.0. The van der Waals surface area contributed by atoms with Crippen LogP contribution in [-0.4, -0.2) is 17.6 Å². The first-order valence-corrected chi connectivity index (χ1v) is 4.56. The summed E-state index contributed by atoms with van der Waals surface area (Å²) in [5, 5.41) is 29.7. The molecule has 0 saturated carbocycles. The summed E-state index contributed by atoms with van der Waals surface area (Å²) in [6, 6.07) is 1.92. The number of hydrogen-bond acceptors (Lipinski definition) is 5. The molecule has 0 aliphatic heterocycles. The fraction of sp³-hybridized carbons (Fsp3) is 0.375. The number of carboxylic acid groups (broad SMARTS) is 1. The first-order chi connectivity index (χ1) is 6.63. The fourth-order valence-electron chi connectivity index (χ4n) is 0.712. The van der Waals surface area contributed by atoms with Gasteiger partial charge in [0.15, 0.2) is 0 Å². The van der Waals surface area contributed by atoms with Gasteiger partial charge in [0, 0.05) is 12.2 Å². The van der Waals surface area contributed by atoms with E-state index in [2.05, 4.69) is 5.32 Å². The van der Waals surface area contributed by atoms with E-state index < -0.39 is 5.97 Å². The van der Waals surface area contributed by atoms with Gasteiger partial charge in [-0.3, -0.25) is 0 Å². The van der Waals surface area contributed by atoms with Crippen LogP contribution in [-0.2, 0) is 4.79 Å². The summed E-state index contributed by atoms with van der Waals surface area (Å²) in [6.45, 7) is 1.94. The summed E-state index contributed by atoms with van der Waals surface area (Å²) >= 11 is 0.591. The lowest BCUT2D eigenvalue weighted by molar-refractivity contribution is -0.131. The first-order valence-electron chi connectivity index (χ1n) is 3.74. The predicted molar refractivity (Wildman–Crippen MR) is 51.8 cm³/mol. The molecule has 0 aromatic heterocycles. The Morgan fingerprint density at radius 1 is 1.57 bits per heavy atom. The van der Waals surface area contributed by atoms with Crippen molar-refractivity contribution in [2.45, 2.75) is 13.3 Å². The molecule has 0 spiro atoms. The second-order valence-corrected chi connectivity index (χ2v) is 3.08. The van der Waals surface area contributed by atoms with Gasteiger partial charge in [0.1, 0.15) is 10.3 Å². The molecule has 0 rings (SSSR count). The van der Waals surface area contributed by atoms with Crippen LogP contribution in [0.4, 0.5) is 0 Å². The SMILES string of the molecule is C/C(NCCC#N)=C(\SC#N)C(=O)O. The molecule has 0 aromatic rings. The van der Waals surface area contributed by atoms with E-state index in [4.69, 9.17) is 15.6 Å². The second kappa shape index (κ2) is 6.81. The Kier molecular flexibility index (Phi) is 6.01. The number of nitrogens with one attached hydrogen (secondary N) is 1. The normalized spacial score (nSPS) is 10.8. The molecule has 5 nitrogen and oxygen atoms in total. The van der Waals surface area contributed by atoms with Gasteiger partial charge in [-0.05, 0) is 18.7 Å². The quantitative estimate of drug-likeness (QED) is 0.400. The van der Waals surface area contributed by atoms with Gasteiger partial charge in [-0.1, -0.05) is 0 Å². The maximum Gasteiger partial charge on any atom is 0.345 e. The Balaban J connectivity index is 4.43. The first kappa shape index (κ1) is 12.3. The van der Waals surface area contributed by atoms with E-state index in [-0.39, 0.29) is 4.91 Å². The number of rotatable bonds is 5. The third kappa shape index (κ3) is 4.39. The van der Waals surface area contributed by atoms with Crippen molar-refractivity contribution in [3.05, 3.63) is 10.6 Å². The van der Waals surface area contributed by atoms with Crippen LogP contribution < -0.4 is 5.32 Å². The number of thiocyanates is 1. The highest BCUT2D eigenvalue weighted by atomic mass is 32.2. The molecule has 0 fully saturated rings. The number of hydrogen-bond donors (Lipinski definition) is 2. The highest BCUT2D eigenvalue weighted by Gasteiger charge is 2.11. The maximum atomic E-state index is 10.6. The molecule has 0 unspecified atom stereocenters. The molecule has 0 heterocycles. The Morgan fingerprint density at radius 3 is 2.64 bits per heavy atom. The Labute approximate surface area is 86.0 Å². The van der Waals surface area contributed by atoms with E-state index in [0.29, 0.717) is 30.4 Å². The summed E-state index contributed by atoms with van der Waals surface area (Å²) in [6.07, 6.45) is 0.293. The molecular formula is C8H9N3O2S. The van der Waals surface area contributed by atoms with Crippen molar-refractivity contribution in [2.24, 2.45) is 0 Å². The number of thioether (sulfide) groups is 1. The number of aliphatic carboxylic acids is 1. The van der Waals surface area contributed by atoms with Gasteiger partial charge in [0.25, 0.3) is 0 Å². The van der Waals surface area contributed by atoms with E-state index in [0.717, 1.165) is 0 Å². The van der Waals surface area contributed by atoms with Gasteiger partial charge in [-0.2, -0.15) is 10.5 Å². The lowest BCUT2D eigenvalue weighted by Crippen LogP contribution is -2.16. The second-order valence-electron chi connectivity index (χ2n) is 2.29. The van der Waals surface area contributed by atoms with Crippen LogP contribution in [0.1, 0.15) is 13.3 Å². The largest absolute Gasteiger partial charge is 0.477 e. The lowest BCUT2D eigenvalue weighted by atomic mass is 10.4. The summed E-state index contributed by atoms with van der Waals surface area (Å²) in [4.78, 5) is 10.6. The molecule has 2 N–H and O–H groups in total. The minimum absolute atomic E-state index is 0.0366. The fourth-order valence-corrected chi connectivity index (χ4v) is 1.12. The Hall–Kier alpha value is -1.66. The van der Waals surface area contributed by atoms with Crippen molar-refractivity contribution in [1.82, 2.24) is 5.32 Å². The van der Waals surface area contributed by atoms with Crippen LogP contribution in [0.5, 0.6) is 0 Å². The van der Waals surface area contributed by atoms with Crippen molar-refractivity contribution >= 4 is 17.7 Å². The van der Waals surface area contributed by atoms with Crippen molar-refractivity contribution < 1.29 is 9.90 Å². The smallest absolute Gasteiger partial charge is 0.345 e. The molecule has 14 heavy (non-hydrogen) atoms. The molecule has 0 atom stereocenters. The third-order valence-electron chi connectivity index (χ3n) is 1.31. The van der Waals surface area contributed by atoms with E-state index in [1.807, 2.05) is 6.07 Å². The summed E-state index contributed by atoms with van der Waals surface area (Å²) in [5.41, 5.74) is 0.402. The van der Waals surface area contributed by atoms with E-state index in [1.165, 1.54) is 0 Å². The Morgan fingerprint density at radius 2 is 2.21 bits per heavy atom. The van der Waals surface area contributed by atoms with Crippen LogP contribution in [0.15, 0.2) is 10.6 Å². The van der Waals surface area contributed by atoms with Crippen molar-refractivity contribution in [2.75, 3.05) is 6.54 Å². The highest BCUT2D eigenvalue weighted by molar-refractivity contribution is 8.08. The molecule has 0 amide bonds. The number of carbonyl (C=O) groups is 1. The van der Waals surface area contributed by atoms with Gasteiger partial charge < -0.3 is 10.4 Å². The van der Waals surface area contributed by atoms with Crippen LogP contribution in [0.2, 0.25) is 0 Å². The molecule has 0 aliphatic rings. The molecule has 74 valence electrons. The van der Waals surface area contributed by atoms with Crippen LogP contribution in [0.25, 0.3) is 0 Å².